The molecular formula is C22H26ClN3. The molecule has 0 saturated heterocycles. The number of benzene rings is 2. The van der Waals surface area contributed by atoms with Crippen molar-refractivity contribution in [3.63, 3.8) is 0 Å². The van der Waals surface area contributed by atoms with Gasteiger partial charge in [0, 0.05) is 11.6 Å². The van der Waals surface area contributed by atoms with E-state index in [1.165, 1.54) is 43.2 Å². The molecule has 1 saturated carbocycles. The zero-order chi connectivity index (χ0) is 17.8. The molecule has 1 fully saturated rings. The number of imidazole rings is 1. The maximum absolute atomic E-state index is 6.03. The van der Waals surface area contributed by atoms with Crippen molar-refractivity contribution < 1.29 is 0 Å². The number of rotatable bonds is 6. The largest absolute Gasteiger partial charge is 0.322 e. The first-order chi connectivity index (χ1) is 12.8. The fourth-order valence-corrected chi connectivity index (χ4v) is 4.11. The fourth-order valence-electron chi connectivity index (χ4n) is 3.99. The van der Waals surface area contributed by atoms with Gasteiger partial charge in [-0.05, 0) is 55.1 Å². The Bertz CT molecular complexity index is 847. The number of hydrogen-bond donors (Lipinski definition) is 1. The molecule has 1 N–H and O–H groups in total. The molecule has 1 aliphatic rings. The minimum atomic E-state index is 0.776. The predicted molar refractivity (Wildman–Crippen MR) is 109 cm³/mol. The van der Waals surface area contributed by atoms with Gasteiger partial charge in [-0.3, -0.25) is 0 Å². The van der Waals surface area contributed by atoms with E-state index in [1.807, 2.05) is 12.1 Å². The smallest absolute Gasteiger partial charge is 0.124 e. The number of halogens is 1. The van der Waals surface area contributed by atoms with Crippen molar-refractivity contribution in [1.29, 1.82) is 0 Å². The predicted octanol–water partition coefficient (Wildman–Crippen LogP) is 5.41. The van der Waals surface area contributed by atoms with Crippen LogP contribution in [0.1, 0.15) is 43.5 Å². The highest BCUT2D eigenvalue weighted by Gasteiger charge is 2.14. The first-order valence-electron chi connectivity index (χ1n) is 9.69. The quantitative estimate of drug-likeness (QED) is 0.631. The summed E-state index contributed by atoms with van der Waals surface area (Å²) in [4.78, 5) is 4.88. The number of hydrogen-bond acceptors (Lipinski definition) is 2. The molecule has 3 aromatic rings. The third kappa shape index (κ3) is 4.11. The van der Waals surface area contributed by atoms with Crippen LogP contribution in [0.5, 0.6) is 0 Å². The van der Waals surface area contributed by atoms with Crippen molar-refractivity contribution in [3.05, 3.63) is 64.9 Å². The Hall–Kier alpha value is -1.84. The molecule has 4 heteroatoms. The van der Waals surface area contributed by atoms with Gasteiger partial charge in [-0.25, -0.2) is 4.98 Å². The zero-order valence-electron chi connectivity index (χ0n) is 15.1. The molecule has 1 heterocycles. The molecule has 4 rings (SSSR count). The molecular weight excluding hydrogens is 342 g/mol. The highest BCUT2D eigenvalue weighted by molar-refractivity contribution is 6.30. The molecule has 136 valence electrons. The Morgan fingerprint density at radius 2 is 1.77 bits per heavy atom. The average Bonchev–Trinajstić information content (AvgIpc) is 3.02. The third-order valence-corrected chi connectivity index (χ3v) is 5.68. The van der Waals surface area contributed by atoms with Crippen LogP contribution in [0.2, 0.25) is 5.02 Å². The lowest BCUT2D eigenvalue weighted by Gasteiger charge is -2.21. The minimum Gasteiger partial charge on any atom is -0.322 e. The van der Waals surface area contributed by atoms with Crippen molar-refractivity contribution >= 4 is 22.6 Å². The normalized spacial score (nSPS) is 15.6. The van der Waals surface area contributed by atoms with Gasteiger partial charge in [0.25, 0.3) is 0 Å². The molecule has 0 unspecified atom stereocenters. The second-order valence-corrected chi connectivity index (χ2v) is 7.80. The minimum absolute atomic E-state index is 0.776. The Balaban J connectivity index is 1.52. The van der Waals surface area contributed by atoms with E-state index in [-0.39, 0.29) is 0 Å². The molecule has 1 aliphatic carbocycles. The molecule has 0 radical (unpaired) electrons. The van der Waals surface area contributed by atoms with Gasteiger partial charge >= 0.3 is 0 Å². The first kappa shape index (κ1) is 17.6. The van der Waals surface area contributed by atoms with Crippen molar-refractivity contribution in [2.24, 2.45) is 5.92 Å². The van der Waals surface area contributed by atoms with Gasteiger partial charge < -0.3 is 9.88 Å². The van der Waals surface area contributed by atoms with Gasteiger partial charge in [0.1, 0.15) is 5.82 Å². The second kappa shape index (κ2) is 8.24. The number of fused-ring (bicyclic) bond motifs is 1. The van der Waals surface area contributed by atoms with E-state index in [0.717, 1.165) is 41.9 Å². The fraction of sp³-hybridized carbons (Fsp3) is 0.409. The third-order valence-electron chi connectivity index (χ3n) is 5.43. The van der Waals surface area contributed by atoms with Crippen LogP contribution in [0.15, 0.2) is 48.5 Å². The van der Waals surface area contributed by atoms with Crippen LogP contribution in [-0.4, -0.2) is 16.1 Å². The van der Waals surface area contributed by atoms with Gasteiger partial charge in [0.05, 0.1) is 17.6 Å². The van der Waals surface area contributed by atoms with Crippen LogP contribution < -0.4 is 5.32 Å². The lowest BCUT2D eigenvalue weighted by atomic mass is 9.89. The highest BCUT2D eigenvalue weighted by Crippen LogP contribution is 2.23. The summed E-state index contributed by atoms with van der Waals surface area (Å²) >= 11 is 6.03. The van der Waals surface area contributed by atoms with Gasteiger partial charge in [-0.2, -0.15) is 0 Å². The number of nitrogens with one attached hydrogen (secondary N) is 1. The molecule has 0 amide bonds. The maximum Gasteiger partial charge on any atom is 0.124 e. The summed E-state index contributed by atoms with van der Waals surface area (Å²) in [5.74, 6) is 1.94. The monoisotopic (exact) mass is 367 g/mol. The Morgan fingerprint density at radius 1 is 1.00 bits per heavy atom. The molecule has 3 nitrogen and oxygen atoms in total. The molecule has 0 bridgehead atoms. The summed E-state index contributed by atoms with van der Waals surface area (Å²) < 4.78 is 2.33. The van der Waals surface area contributed by atoms with E-state index < -0.39 is 0 Å². The maximum atomic E-state index is 6.03. The van der Waals surface area contributed by atoms with Crippen LogP contribution in [0.25, 0.3) is 11.0 Å². The van der Waals surface area contributed by atoms with E-state index in [2.05, 4.69) is 46.3 Å². The summed E-state index contributed by atoms with van der Waals surface area (Å²) in [6.45, 7) is 2.74. The Morgan fingerprint density at radius 3 is 2.58 bits per heavy atom. The van der Waals surface area contributed by atoms with Crippen molar-refractivity contribution in [2.45, 2.75) is 45.2 Å². The van der Waals surface area contributed by atoms with Crippen molar-refractivity contribution in [3.8, 4) is 0 Å². The van der Waals surface area contributed by atoms with Crippen LogP contribution in [0.4, 0.5) is 0 Å². The van der Waals surface area contributed by atoms with Gasteiger partial charge in [-0.15, -0.1) is 0 Å². The van der Waals surface area contributed by atoms with E-state index >= 15 is 0 Å². The average molecular weight is 368 g/mol. The topological polar surface area (TPSA) is 29.9 Å². The van der Waals surface area contributed by atoms with E-state index in [0.29, 0.717) is 0 Å². The molecule has 0 aliphatic heterocycles. The van der Waals surface area contributed by atoms with Gasteiger partial charge in [0.15, 0.2) is 0 Å². The summed E-state index contributed by atoms with van der Waals surface area (Å²) in [5.41, 5.74) is 3.50. The Labute approximate surface area is 160 Å². The van der Waals surface area contributed by atoms with E-state index in [4.69, 9.17) is 16.6 Å². The molecule has 0 atom stereocenters. The molecule has 26 heavy (non-hydrogen) atoms. The van der Waals surface area contributed by atoms with Crippen molar-refractivity contribution in [2.75, 3.05) is 6.54 Å². The first-order valence-corrected chi connectivity index (χ1v) is 10.1. The lowest BCUT2D eigenvalue weighted by molar-refractivity contribution is 0.340. The molecule has 1 aromatic heterocycles. The van der Waals surface area contributed by atoms with Crippen LogP contribution in [-0.2, 0) is 13.1 Å². The van der Waals surface area contributed by atoms with E-state index in [9.17, 15) is 0 Å². The van der Waals surface area contributed by atoms with E-state index in [1.54, 1.807) is 0 Å². The number of para-hydroxylation sites is 2. The summed E-state index contributed by atoms with van der Waals surface area (Å²) in [5, 5.41) is 4.44. The van der Waals surface area contributed by atoms with Gasteiger partial charge in [0.2, 0.25) is 0 Å². The summed E-state index contributed by atoms with van der Waals surface area (Å²) in [6.07, 6.45) is 6.93. The van der Waals surface area contributed by atoms with Crippen molar-refractivity contribution in [1.82, 2.24) is 14.9 Å². The van der Waals surface area contributed by atoms with Crippen LogP contribution >= 0.6 is 11.6 Å². The summed E-state index contributed by atoms with van der Waals surface area (Å²) in [7, 11) is 0. The van der Waals surface area contributed by atoms with Gasteiger partial charge in [-0.1, -0.05) is 55.1 Å². The number of nitrogens with zero attached hydrogens (tertiary/aromatic N) is 2. The standard InChI is InChI=1S/C22H26ClN3/c23-19-12-10-18(11-13-19)16-26-21-9-5-4-8-20(21)25-22(26)15-24-14-17-6-2-1-3-7-17/h4-5,8-13,17,24H,1-3,6-7,14-16H2. The summed E-state index contributed by atoms with van der Waals surface area (Å²) in [6, 6.07) is 16.5. The Kier molecular flexibility index (Phi) is 5.57. The highest BCUT2D eigenvalue weighted by atomic mass is 35.5. The van der Waals surface area contributed by atoms with Crippen LogP contribution in [0.3, 0.4) is 0 Å². The lowest BCUT2D eigenvalue weighted by Crippen LogP contribution is -2.25. The SMILES string of the molecule is Clc1ccc(Cn2c(CNCC3CCCCC3)nc3ccccc32)cc1. The zero-order valence-corrected chi connectivity index (χ0v) is 15.9. The molecule has 0 spiro atoms. The molecule has 2 aromatic carbocycles. The van der Waals surface area contributed by atoms with Crippen LogP contribution in [0, 0.1) is 5.92 Å². The number of aromatic nitrogens is 2. The second-order valence-electron chi connectivity index (χ2n) is 7.36.